The summed E-state index contributed by atoms with van der Waals surface area (Å²) in [5.41, 5.74) is -0.623. The van der Waals surface area contributed by atoms with Crippen molar-refractivity contribution >= 4 is 5.97 Å². The van der Waals surface area contributed by atoms with E-state index in [1.807, 2.05) is 6.92 Å². The maximum absolute atomic E-state index is 12.3. The van der Waals surface area contributed by atoms with E-state index in [0.29, 0.717) is 45.1 Å². The fourth-order valence-corrected chi connectivity index (χ4v) is 2.40. The van der Waals surface area contributed by atoms with Crippen molar-refractivity contribution in [2.75, 3.05) is 33.5 Å². The molecule has 1 N–H and O–H groups in total. The first kappa shape index (κ1) is 16.4. The maximum Gasteiger partial charge on any atom is 0.326 e. The summed E-state index contributed by atoms with van der Waals surface area (Å²) in [4.78, 5) is 12.3. The minimum atomic E-state index is -0.623. The molecule has 0 aromatic carbocycles. The molecule has 2 atom stereocenters. The number of hydrogen-bond donors (Lipinski definition) is 1. The first-order valence-electron chi connectivity index (χ1n) is 7.08. The molecule has 1 heterocycles. The van der Waals surface area contributed by atoms with Gasteiger partial charge in [-0.1, -0.05) is 13.8 Å². The van der Waals surface area contributed by atoms with Gasteiger partial charge in [-0.3, -0.25) is 10.1 Å². The summed E-state index contributed by atoms with van der Waals surface area (Å²) in [6.07, 6.45) is 1.40. The van der Waals surface area contributed by atoms with Gasteiger partial charge in [-0.05, 0) is 19.3 Å². The maximum atomic E-state index is 12.3. The summed E-state index contributed by atoms with van der Waals surface area (Å²) in [6.45, 7) is 8.26. The van der Waals surface area contributed by atoms with Crippen molar-refractivity contribution in [1.82, 2.24) is 5.32 Å². The van der Waals surface area contributed by atoms with Crippen LogP contribution < -0.4 is 5.32 Å². The van der Waals surface area contributed by atoms with Gasteiger partial charge in [0, 0.05) is 26.7 Å². The Balaban J connectivity index is 2.75. The Morgan fingerprint density at radius 3 is 2.84 bits per heavy atom. The van der Waals surface area contributed by atoms with Crippen molar-refractivity contribution in [3.63, 3.8) is 0 Å². The second-order valence-electron chi connectivity index (χ2n) is 5.33. The summed E-state index contributed by atoms with van der Waals surface area (Å²) in [7, 11) is 1.65. The van der Waals surface area contributed by atoms with Crippen LogP contribution in [0.3, 0.4) is 0 Å². The number of esters is 1. The molecule has 112 valence electrons. The molecule has 1 saturated heterocycles. The number of rotatable bonds is 7. The molecule has 5 nitrogen and oxygen atoms in total. The van der Waals surface area contributed by atoms with Crippen molar-refractivity contribution in [2.45, 2.75) is 45.3 Å². The Kier molecular flexibility index (Phi) is 6.75. The molecular weight excluding hydrogens is 246 g/mol. The van der Waals surface area contributed by atoms with Gasteiger partial charge in [0.05, 0.1) is 19.3 Å². The van der Waals surface area contributed by atoms with Gasteiger partial charge in [-0.15, -0.1) is 0 Å². The third-order valence-electron chi connectivity index (χ3n) is 3.59. The van der Waals surface area contributed by atoms with Crippen LogP contribution in [0.15, 0.2) is 0 Å². The molecule has 0 radical (unpaired) electrons. The van der Waals surface area contributed by atoms with Crippen LogP contribution >= 0.6 is 0 Å². The van der Waals surface area contributed by atoms with Gasteiger partial charge in [0.2, 0.25) is 0 Å². The topological polar surface area (TPSA) is 56.8 Å². The van der Waals surface area contributed by atoms with E-state index in [9.17, 15) is 4.79 Å². The number of carbonyl (C=O) groups excluding carboxylic acids is 1. The van der Waals surface area contributed by atoms with E-state index in [4.69, 9.17) is 14.2 Å². The molecule has 1 aliphatic rings. The lowest BCUT2D eigenvalue weighted by Crippen LogP contribution is -2.59. The van der Waals surface area contributed by atoms with E-state index in [1.54, 1.807) is 7.11 Å². The van der Waals surface area contributed by atoms with Crippen LogP contribution in [-0.4, -0.2) is 51.1 Å². The van der Waals surface area contributed by atoms with Gasteiger partial charge in [-0.25, -0.2) is 0 Å². The van der Waals surface area contributed by atoms with Gasteiger partial charge in [0.1, 0.15) is 5.54 Å². The van der Waals surface area contributed by atoms with Crippen molar-refractivity contribution in [1.29, 1.82) is 0 Å². The average molecular weight is 273 g/mol. The number of hydrogen-bond acceptors (Lipinski definition) is 5. The van der Waals surface area contributed by atoms with Crippen LogP contribution in [0.5, 0.6) is 0 Å². The molecule has 1 fully saturated rings. The van der Waals surface area contributed by atoms with Gasteiger partial charge in [0.25, 0.3) is 0 Å². The third kappa shape index (κ3) is 4.44. The lowest BCUT2D eigenvalue weighted by molar-refractivity contribution is -0.159. The smallest absolute Gasteiger partial charge is 0.326 e. The van der Waals surface area contributed by atoms with Crippen LogP contribution in [-0.2, 0) is 19.0 Å². The first-order valence-corrected chi connectivity index (χ1v) is 7.08. The predicted octanol–water partition coefficient (Wildman–Crippen LogP) is 1.36. The SMILES string of the molecule is CCOC(=O)C1(NCCOC)CCOC(C(C)C)C1. The van der Waals surface area contributed by atoms with Crippen LogP contribution in [0.4, 0.5) is 0 Å². The highest BCUT2D eigenvalue weighted by Crippen LogP contribution is 2.29. The summed E-state index contributed by atoms with van der Waals surface area (Å²) in [5.74, 6) is 0.221. The van der Waals surface area contributed by atoms with Gasteiger partial charge >= 0.3 is 5.97 Å². The van der Waals surface area contributed by atoms with E-state index in [0.717, 1.165) is 0 Å². The lowest BCUT2D eigenvalue weighted by atomic mass is 9.83. The molecular formula is C14H27NO4. The van der Waals surface area contributed by atoms with Crippen molar-refractivity contribution in [2.24, 2.45) is 5.92 Å². The zero-order chi connectivity index (χ0) is 14.3. The first-order chi connectivity index (χ1) is 9.05. The predicted molar refractivity (Wildman–Crippen MR) is 73.1 cm³/mol. The number of methoxy groups -OCH3 is 1. The molecule has 5 heteroatoms. The van der Waals surface area contributed by atoms with Crippen LogP contribution in [0.25, 0.3) is 0 Å². The Morgan fingerprint density at radius 1 is 1.53 bits per heavy atom. The zero-order valence-corrected chi connectivity index (χ0v) is 12.5. The second kappa shape index (κ2) is 7.82. The highest BCUT2D eigenvalue weighted by molar-refractivity contribution is 5.81. The fourth-order valence-electron chi connectivity index (χ4n) is 2.40. The average Bonchev–Trinajstić information content (AvgIpc) is 2.39. The van der Waals surface area contributed by atoms with E-state index in [1.165, 1.54) is 0 Å². The molecule has 0 saturated carbocycles. The molecule has 0 aromatic rings. The lowest BCUT2D eigenvalue weighted by Gasteiger charge is -2.40. The minimum Gasteiger partial charge on any atom is -0.465 e. The molecule has 0 spiro atoms. The van der Waals surface area contributed by atoms with Crippen molar-refractivity contribution < 1.29 is 19.0 Å². The molecule has 0 bridgehead atoms. The zero-order valence-electron chi connectivity index (χ0n) is 12.5. The Morgan fingerprint density at radius 2 is 2.26 bits per heavy atom. The van der Waals surface area contributed by atoms with Crippen molar-refractivity contribution in [3.05, 3.63) is 0 Å². The number of ether oxygens (including phenoxy) is 3. The summed E-state index contributed by atoms with van der Waals surface area (Å²) in [6, 6.07) is 0. The van der Waals surface area contributed by atoms with E-state index in [2.05, 4.69) is 19.2 Å². The van der Waals surface area contributed by atoms with E-state index in [-0.39, 0.29) is 12.1 Å². The number of carbonyl (C=O) groups is 1. The van der Waals surface area contributed by atoms with Crippen LogP contribution in [0, 0.1) is 5.92 Å². The molecule has 0 amide bonds. The van der Waals surface area contributed by atoms with Crippen LogP contribution in [0.1, 0.15) is 33.6 Å². The van der Waals surface area contributed by atoms with Crippen LogP contribution in [0.2, 0.25) is 0 Å². The molecule has 0 aromatic heterocycles. The van der Waals surface area contributed by atoms with Gasteiger partial charge in [0.15, 0.2) is 0 Å². The standard InChI is InChI=1S/C14H27NO4/c1-5-18-13(16)14(15-7-9-17-4)6-8-19-12(10-14)11(2)3/h11-12,15H,5-10H2,1-4H3. The summed E-state index contributed by atoms with van der Waals surface area (Å²) >= 11 is 0. The minimum absolute atomic E-state index is 0.0909. The highest BCUT2D eigenvalue weighted by Gasteiger charge is 2.44. The molecule has 1 rings (SSSR count). The molecule has 2 unspecified atom stereocenters. The third-order valence-corrected chi connectivity index (χ3v) is 3.59. The highest BCUT2D eigenvalue weighted by atomic mass is 16.5. The summed E-state index contributed by atoms with van der Waals surface area (Å²) < 4.78 is 16.0. The largest absolute Gasteiger partial charge is 0.465 e. The molecule has 0 aliphatic carbocycles. The van der Waals surface area contributed by atoms with E-state index < -0.39 is 5.54 Å². The fraction of sp³-hybridized carbons (Fsp3) is 0.929. The Labute approximate surface area is 116 Å². The quantitative estimate of drug-likeness (QED) is 0.560. The van der Waals surface area contributed by atoms with E-state index >= 15 is 0 Å². The Hall–Kier alpha value is -0.650. The summed E-state index contributed by atoms with van der Waals surface area (Å²) in [5, 5.41) is 3.33. The normalized spacial score (nSPS) is 27.5. The monoisotopic (exact) mass is 273 g/mol. The molecule has 1 aliphatic heterocycles. The number of nitrogens with one attached hydrogen (secondary N) is 1. The van der Waals surface area contributed by atoms with Crippen molar-refractivity contribution in [3.8, 4) is 0 Å². The second-order valence-corrected chi connectivity index (χ2v) is 5.33. The van der Waals surface area contributed by atoms with Gasteiger partial charge in [-0.2, -0.15) is 0 Å². The molecule has 19 heavy (non-hydrogen) atoms. The van der Waals surface area contributed by atoms with Gasteiger partial charge < -0.3 is 14.2 Å². The Bertz CT molecular complexity index is 283.